The van der Waals surface area contributed by atoms with E-state index in [0.717, 1.165) is 19.1 Å². The van der Waals surface area contributed by atoms with Gasteiger partial charge in [-0.2, -0.15) is 0 Å². The molecule has 17 heavy (non-hydrogen) atoms. The quantitative estimate of drug-likeness (QED) is 0.772. The van der Waals surface area contributed by atoms with Gasteiger partial charge in [-0.05, 0) is 25.7 Å². The van der Waals surface area contributed by atoms with Crippen LogP contribution < -0.4 is 0 Å². The van der Waals surface area contributed by atoms with E-state index in [4.69, 9.17) is 0 Å². The summed E-state index contributed by atoms with van der Waals surface area (Å²) in [4.78, 5) is 13.8. The van der Waals surface area contributed by atoms with Crippen LogP contribution in [0.5, 0.6) is 0 Å². The molecule has 0 saturated carbocycles. The average Bonchev–Trinajstić information content (AvgIpc) is 2.47. The van der Waals surface area contributed by atoms with E-state index in [1.54, 1.807) is 0 Å². The van der Waals surface area contributed by atoms with E-state index in [0.29, 0.717) is 12.8 Å². The SMILES string of the molecule is CS(=O)(=O)CCC(=O)N1C2CCC1CC(O)C2. The van der Waals surface area contributed by atoms with Crippen molar-refractivity contribution in [3.8, 4) is 0 Å². The van der Waals surface area contributed by atoms with Gasteiger partial charge in [0.05, 0.1) is 11.9 Å². The minimum Gasteiger partial charge on any atom is -0.393 e. The van der Waals surface area contributed by atoms with Gasteiger partial charge in [-0.25, -0.2) is 8.42 Å². The van der Waals surface area contributed by atoms with Crippen molar-refractivity contribution in [2.45, 2.75) is 50.3 Å². The van der Waals surface area contributed by atoms with Crippen LogP contribution in [0.1, 0.15) is 32.1 Å². The number of hydrogen-bond acceptors (Lipinski definition) is 4. The van der Waals surface area contributed by atoms with Crippen LogP contribution in [0.15, 0.2) is 0 Å². The van der Waals surface area contributed by atoms with Crippen molar-refractivity contribution >= 4 is 15.7 Å². The Morgan fingerprint density at radius 2 is 1.82 bits per heavy atom. The van der Waals surface area contributed by atoms with Gasteiger partial charge in [0, 0.05) is 24.8 Å². The number of aliphatic hydroxyl groups excluding tert-OH is 1. The van der Waals surface area contributed by atoms with E-state index in [9.17, 15) is 18.3 Å². The van der Waals surface area contributed by atoms with Gasteiger partial charge < -0.3 is 10.0 Å². The van der Waals surface area contributed by atoms with Crippen LogP contribution in [-0.4, -0.2) is 54.5 Å². The average molecular weight is 261 g/mol. The lowest BCUT2D eigenvalue weighted by atomic mass is 9.99. The van der Waals surface area contributed by atoms with Crippen molar-refractivity contribution in [3.05, 3.63) is 0 Å². The monoisotopic (exact) mass is 261 g/mol. The zero-order valence-corrected chi connectivity index (χ0v) is 10.8. The lowest BCUT2D eigenvalue weighted by Crippen LogP contribution is -2.48. The molecule has 98 valence electrons. The number of aliphatic hydroxyl groups is 1. The Morgan fingerprint density at radius 3 is 2.29 bits per heavy atom. The van der Waals surface area contributed by atoms with E-state index >= 15 is 0 Å². The van der Waals surface area contributed by atoms with Crippen molar-refractivity contribution in [3.63, 3.8) is 0 Å². The highest BCUT2D eigenvalue weighted by Gasteiger charge is 2.42. The van der Waals surface area contributed by atoms with Crippen molar-refractivity contribution in [2.24, 2.45) is 0 Å². The highest BCUT2D eigenvalue weighted by Crippen LogP contribution is 2.36. The van der Waals surface area contributed by atoms with Gasteiger partial charge in [0.1, 0.15) is 9.84 Å². The summed E-state index contributed by atoms with van der Waals surface area (Å²) in [5, 5.41) is 9.61. The van der Waals surface area contributed by atoms with Crippen LogP contribution in [0.4, 0.5) is 0 Å². The fourth-order valence-electron chi connectivity index (χ4n) is 2.96. The smallest absolute Gasteiger partial charge is 0.224 e. The van der Waals surface area contributed by atoms with Crippen molar-refractivity contribution in [2.75, 3.05) is 12.0 Å². The van der Waals surface area contributed by atoms with Gasteiger partial charge >= 0.3 is 0 Å². The van der Waals surface area contributed by atoms with E-state index in [2.05, 4.69) is 0 Å². The first-order valence-electron chi connectivity index (χ1n) is 6.04. The predicted octanol–water partition coefficient (Wildman–Crippen LogP) is -0.0646. The first-order chi connectivity index (χ1) is 7.87. The molecule has 2 rings (SSSR count). The number of rotatable bonds is 3. The molecule has 0 radical (unpaired) electrons. The van der Waals surface area contributed by atoms with Gasteiger partial charge in [0.2, 0.25) is 5.91 Å². The maximum atomic E-state index is 12.0. The molecule has 2 unspecified atom stereocenters. The minimum atomic E-state index is -3.08. The topological polar surface area (TPSA) is 74.7 Å². The van der Waals surface area contributed by atoms with Crippen molar-refractivity contribution in [1.29, 1.82) is 0 Å². The number of carbonyl (C=O) groups is 1. The molecule has 0 aliphatic carbocycles. The Balaban J connectivity index is 1.97. The Bertz CT molecular complexity index is 392. The maximum absolute atomic E-state index is 12.0. The van der Waals surface area contributed by atoms with E-state index in [-0.39, 0.29) is 36.3 Å². The van der Waals surface area contributed by atoms with Gasteiger partial charge in [0.25, 0.3) is 0 Å². The molecule has 2 aliphatic rings. The predicted molar refractivity (Wildman–Crippen MR) is 63.2 cm³/mol. The van der Waals surface area contributed by atoms with Gasteiger partial charge in [-0.15, -0.1) is 0 Å². The highest BCUT2D eigenvalue weighted by molar-refractivity contribution is 7.90. The van der Waals surface area contributed by atoms with Crippen molar-refractivity contribution in [1.82, 2.24) is 4.90 Å². The summed E-state index contributed by atoms with van der Waals surface area (Å²) in [7, 11) is -3.08. The molecule has 0 aromatic carbocycles. The summed E-state index contributed by atoms with van der Waals surface area (Å²) >= 11 is 0. The van der Waals surface area contributed by atoms with Crippen LogP contribution in [0.2, 0.25) is 0 Å². The molecular formula is C11H19NO4S. The number of carbonyl (C=O) groups excluding carboxylic acids is 1. The van der Waals surface area contributed by atoms with E-state index in [1.807, 2.05) is 4.90 Å². The third-order valence-electron chi connectivity index (χ3n) is 3.68. The lowest BCUT2D eigenvalue weighted by molar-refractivity contribution is -0.136. The largest absolute Gasteiger partial charge is 0.393 e. The second kappa shape index (κ2) is 4.57. The second-order valence-electron chi connectivity index (χ2n) is 5.19. The third kappa shape index (κ3) is 2.98. The minimum absolute atomic E-state index is 0.0714. The maximum Gasteiger partial charge on any atom is 0.224 e. The van der Waals surface area contributed by atoms with Crippen LogP contribution in [0, 0.1) is 0 Å². The second-order valence-corrected chi connectivity index (χ2v) is 7.45. The number of nitrogens with zero attached hydrogens (tertiary/aromatic N) is 1. The first-order valence-corrected chi connectivity index (χ1v) is 8.10. The zero-order chi connectivity index (χ0) is 12.6. The Morgan fingerprint density at radius 1 is 1.29 bits per heavy atom. The van der Waals surface area contributed by atoms with Crippen molar-refractivity contribution < 1.29 is 18.3 Å². The molecule has 0 spiro atoms. The van der Waals surface area contributed by atoms with Crippen LogP contribution in [0.25, 0.3) is 0 Å². The normalized spacial score (nSPS) is 32.8. The number of fused-ring (bicyclic) bond motifs is 2. The summed E-state index contributed by atoms with van der Waals surface area (Å²) in [6, 6.07) is 0.242. The summed E-state index contributed by atoms with van der Waals surface area (Å²) in [5.41, 5.74) is 0. The van der Waals surface area contributed by atoms with Crippen LogP contribution in [0.3, 0.4) is 0 Å². The first kappa shape index (κ1) is 12.8. The molecular weight excluding hydrogens is 242 g/mol. The fraction of sp³-hybridized carbons (Fsp3) is 0.909. The summed E-state index contributed by atoms with van der Waals surface area (Å²) in [6.45, 7) is 0. The number of piperidine rings is 1. The Hall–Kier alpha value is -0.620. The molecule has 2 heterocycles. The molecule has 0 aromatic heterocycles. The molecule has 1 amide bonds. The summed E-state index contributed by atoms with van der Waals surface area (Å²) in [6.07, 6.45) is 4.07. The van der Waals surface area contributed by atoms with Crippen LogP contribution >= 0.6 is 0 Å². The lowest BCUT2D eigenvalue weighted by Gasteiger charge is -2.37. The zero-order valence-electron chi connectivity index (χ0n) is 10.0. The van der Waals surface area contributed by atoms with Crippen LogP contribution in [-0.2, 0) is 14.6 Å². The number of hydrogen-bond donors (Lipinski definition) is 1. The van der Waals surface area contributed by atoms with Gasteiger partial charge in [-0.1, -0.05) is 0 Å². The highest BCUT2D eigenvalue weighted by atomic mass is 32.2. The molecule has 0 aromatic rings. The van der Waals surface area contributed by atoms with Gasteiger partial charge in [-0.3, -0.25) is 4.79 Å². The third-order valence-corrected chi connectivity index (χ3v) is 4.63. The molecule has 1 N–H and O–H groups in total. The fourth-order valence-corrected chi connectivity index (χ4v) is 3.50. The van der Waals surface area contributed by atoms with E-state index in [1.165, 1.54) is 0 Å². The molecule has 2 atom stereocenters. The molecule has 2 aliphatic heterocycles. The summed E-state index contributed by atoms with van der Waals surface area (Å²) in [5.74, 6) is -0.153. The summed E-state index contributed by atoms with van der Waals surface area (Å²) < 4.78 is 22.1. The van der Waals surface area contributed by atoms with Gasteiger partial charge in [0.15, 0.2) is 0 Å². The standard InChI is InChI=1S/C11H19NO4S/c1-17(15,16)5-4-11(14)12-8-2-3-9(12)7-10(13)6-8/h8-10,13H,2-7H2,1H3. The van der Waals surface area contributed by atoms with E-state index < -0.39 is 9.84 Å². The number of sulfone groups is 1. The Labute approximate surface area is 102 Å². The number of amides is 1. The molecule has 5 nitrogen and oxygen atoms in total. The molecule has 2 saturated heterocycles. The Kier molecular flexibility index (Phi) is 3.45. The molecule has 2 fully saturated rings. The molecule has 2 bridgehead atoms. The molecule has 6 heteroatoms.